The number of sulfone groups is 1. The minimum absolute atomic E-state index is 0.264. The zero-order valence-corrected chi connectivity index (χ0v) is 11.5. The molecule has 1 aromatic carbocycles. The van der Waals surface area contributed by atoms with Crippen molar-refractivity contribution in [2.75, 3.05) is 0 Å². The van der Waals surface area contributed by atoms with E-state index in [1.165, 1.54) is 29.7 Å². The Morgan fingerprint density at radius 2 is 1.89 bits per heavy atom. The predicted octanol–water partition coefficient (Wildman–Crippen LogP) is 2.41. The zero-order valence-electron chi connectivity index (χ0n) is 9.82. The van der Waals surface area contributed by atoms with Crippen molar-refractivity contribution >= 4 is 20.6 Å². The molecule has 0 saturated heterocycles. The van der Waals surface area contributed by atoms with Crippen molar-refractivity contribution < 1.29 is 17.0 Å². The summed E-state index contributed by atoms with van der Waals surface area (Å²) in [7, 11) is -4.51. The van der Waals surface area contributed by atoms with Crippen molar-refractivity contribution in [1.82, 2.24) is 0 Å². The first-order chi connectivity index (χ1) is 8.94. The quantitative estimate of drug-likeness (QED) is 0.857. The highest BCUT2D eigenvalue weighted by molar-refractivity contribution is 7.97. The molecule has 1 aromatic rings. The highest BCUT2D eigenvalue weighted by Crippen LogP contribution is 2.14. The van der Waals surface area contributed by atoms with Gasteiger partial charge in [0.2, 0.25) is 0 Å². The van der Waals surface area contributed by atoms with Crippen molar-refractivity contribution in [3.05, 3.63) is 69.6 Å². The van der Waals surface area contributed by atoms with Gasteiger partial charge in [-0.15, -0.1) is 0 Å². The third-order valence-electron chi connectivity index (χ3n) is 2.38. The molecule has 1 atom stereocenters. The van der Waals surface area contributed by atoms with Gasteiger partial charge in [0.25, 0.3) is 0 Å². The van der Waals surface area contributed by atoms with E-state index in [0.717, 1.165) is 16.4 Å². The van der Waals surface area contributed by atoms with Crippen LogP contribution in [-0.4, -0.2) is 12.6 Å². The molecule has 0 aromatic heterocycles. The van der Waals surface area contributed by atoms with E-state index in [2.05, 4.69) is 0 Å². The van der Waals surface area contributed by atoms with Crippen LogP contribution in [0.3, 0.4) is 0 Å². The van der Waals surface area contributed by atoms with Crippen LogP contribution in [0.25, 0.3) is 0 Å². The molecule has 1 aliphatic heterocycles. The van der Waals surface area contributed by atoms with E-state index in [1.807, 2.05) is 0 Å². The van der Waals surface area contributed by atoms with Crippen LogP contribution in [0.4, 0.5) is 4.39 Å². The van der Waals surface area contributed by atoms with E-state index >= 15 is 0 Å². The molecule has 0 spiro atoms. The third-order valence-corrected chi connectivity index (χ3v) is 4.56. The third kappa shape index (κ3) is 4.25. The van der Waals surface area contributed by atoms with Gasteiger partial charge in [0.15, 0.2) is 9.84 Å². The van der Waals surface area contributed by atoms with Gasteiger partial charge in [-0.3, -0.25) is 4.21 Å². The van der Waals surface area contributed by atoms with E-state index in [0.29, 0.717) is 5.57 Å². The van der Waals surface area contributed by atoms with Crippen molar-refractivity contribution in [3.63, 3.8) is 0 Å². The second-order valence-electron chi connectivity index (χ2n) is 3.96. The van der Waals surface area contributed by atoms with Gasteiger partial charge in [-0.2, -0.15) is 0 Å². The fourth-order valence-corrected chi connectivity index (χ4v) is 3.37. The lowest BCUT2D eigenvalue weighted by Crippen LogP contribution is -1.91. The van der Waals surface area contributed by atoms with Gasteiger partial charge in [-0.05, 0) is 35.4 Å². The largest absolute Gasteiger partial charge is 0.255 e. The van der Waals surface area contributed by atoms with E-state index < -0.39 is 20.6 Å². The first-order valence-electron chi connectivity index (χ1n) is 5.39. The van der Waals surface area contributed by atoms with E-state index in [-0.39, 0.29) is 11.6 Å². The Morgan fingerprint density at radius 3 is 2.47 bits per heavy atom. The summed E-state index contributed by atoms with van der Waals surface area (Å²) in [5.74, 6) is -0.0721. The molecule has 0 bridgehead atoms. The molecule has 0 saturated carbocycles. The average molecular weight is 298 g/mol. The Bertz CT molecular complexity index is 683. The molecule has 3 nitrogen and oxygen atoms in total. The Kier molecular flexibility index (Phi) is 4.11. The van der Waals surface area contributed by atoms with Crippen LogP contribution in [0.5, 0.6) is 0 Å². The molecule has 0 aliphatic carbocycles. The van der Waals surface area contributed by atoms with E-state index in [4.69, 9.17) is 0 Å². The Labute approximate surface area is 113 Å². The molecule has 1 unspecified atom stereocenters. The summed E-state index contributed by atoms with van der Waals surface area (Å²) in [4.78, 5) is 0. The first kappa shape index (κ1) is 13.9. The fraction of sp³-hybridized carbons (Fsp3) is 0.0769. The second kappa shape index (κ2) is 5.63. The summed E-state index contributed by atoms with van der Waals surface area (Å²) < 4.78 is 46.6. The second-order valence-corrected chi connectivity index (χ2v) is 6.97. The maximum atomic E-state index is 12.7. The summed E-state index contributed by atoms with van der Waals surface area (Å²) in [6.07, 6.45) is 2.95. The van der Waals surface area contributed by atoms with Gasteiger partial charge in [0.05, 0.1) is 16.6 Å². The number of rotatable bonds is 4. The topological polar surface area (TPSA) is 51.2 Å². The van der Waals surface area contributed by atoms with Crippen molar-refractivity contribution in [1.29, 1.82) is 0 Å². The standard InChI is InChI=1S/C13H11FO3S2/c14-13-3-1-11(2-4-13)9-18(15)7-5-12-6-8-19(16,17)10-12/h1-8,10H,9H2. The summed E-state index contributed by atoms with van der Waals surface area (Å²) in [5.41, 5.74) is 1.25. The molecular formula is C13H11FO3S2. The predicted molar refractivity (Wildman–Crippen MR) is 73.5 cm³/mol. The molecule has 0 radical (unpaired) electrons. The number of halogens is 1. The van der Waals surface area contributed by atoms with Crippen LogP contribution in [0.15, 0.2) is 58.2 Å². The summed E-state index contributed by atoms with van der Waals surface area (Å²) in [5, 5.41) is 3.63. The lowest BCUT2D eigenvalue weighted by atomic mass is 10.2. The molecule has 2 rings (SSSR count). The van der Waals surface area contributed by atoms with Crippen LogP contribution in [0, 0.1) is 5.82 Å². The SMILES string of the molecule is O=S(C=CC1=CS(=O)(=O)C=C1)Cc1ccc(F)cc1. The molecule has 1 heterocycles. The number of hydrogen-bond acceptors (Lipinski definition) is 3. The zero-order chi connectivity index (χ0) is 13.9. The molecule has 19 heavy (non-hydrogen) atoms. The van der Waals surface area contributed by atoms with Crippen molar-refractivity contribution in [3.8, 4) is 0 Å². The lowest BCUT2D eigenvalue weighted by molar-refractivity contribution is 0.613. The highest BCUT2D eigenvalue weighted by atomic mass is 32.2. The van der Waals surface area contributed by atoms with Crippen LogP contribution in [-0.2, 0) is 26.4 Å². The minimum atomic E-state index is -3.24. The number of hydrogen-bond donors (Lipinski definition) is 0. The smallest absolute Gasteiger partial charge is 0.193 e. The number of benzene rings is 1. The normalized spacial score (nSPS) is 18.7. The Morgan fingerprint density at radius 1 is 1.21 bits per heavy atom. The monoisotopic (exact) mass is 298 g/mol. The highest BCUT2D eigenvalue weighted by Gasteiger charge is 2.08. The van der Waals surface area contributed by atoms with Gasteiger partial charge in [-0.25, -0.2) is 12.8 Å². The van der Waals surface area contributed by atoms with Crippen LogP contribution >= 0.6 is 0 Å². The summed E-state index contributed by atoms with van der Waals surface area (Å²) in [6, 6.07) is 5.76. The molecular weight excluding hydrogens is 287 g/mol. The summed E-state index contributed by atoms with van der Waals surface area (Å²) in [6.45, 7) is 0. The van der Waals surface area contributed by atoms with Crippen LogP contribution in [0.1, 0.15) is 5.56 Å². The van der Waals surface area contributed by atoms with Gasteiger partial charge < -0.3 is 0 Å². The Balaban J connectivity index is 1.99. The molecule has 0 N–H and O–H groups in total. The van der Waals surface area contributed by atoms with Crippen molar-refractivity contribution in [2.24, 2.45) is 0 Å². The molecule has 0 fully saturated rings. The van der Waals surface area contributed by atoms with Crippen LogP contribution < -0.4 is 0 Å². The molecule has 100 valence electrons. The van der Waals surface area contributed by atoms with Crippen molar-refractivity contribution in [2.45, 2.75) is 5.75 Å². The summed E-state index contributed by atoms with van der Waals surface area (Å²) >= 11 is 0. The molecule has 0 amide bonds. The maximum absolute atomic E-state index is 12.7. The molecule has 1 aliphatic rings. The van der Waals surface area contributed by atoms with Gasteiger partial charge >= 0.3 is 0 Å². The maximum Gasteiger partial charge on any atom is 0.193 e. The fourth-order valence-electron chi connectivity index (χ4n) is 1.48. The Hall–Kier alpha value is -1.53. The average Bonchev–Trinajstić information content (AvgIpc) is 2.69. The lowest BCUT2D eigenvalue weighted by Gasteiger charge is -1.98. The molecule has 6 heteroatoms. The van der Waals surface area contributed by atoms with Gasteiger partial charge in [-0.1, -0.05) is 12.1 Å². The first-order valence-corrected chi connectivity index (χ1v) is 8.38. The minimum Gasteiger partial charge on any atom is -0.255 e. The van der Waals surface area contributed by atoms with E-state index in [9.17, 15) is 17.0 Å². The van der Waals surface area contributed by atoms with Gasteiger partial charge in [0, 0.05) is 16.2 Å². The number of allylic oxidation sites excluding steroid dienone is 3. The van der Waals surface area contributed by atoms with E-state index in [1.54, 1.807) is 12.1 Å². The van der Waals surface area contributed by atoms with Gasteiger partial charge in [0.1, 0.15) is 5.82 Å². The van der Waals surface area contributed by atoms with Crippen LogP contribution in [0.2, 0.25) is 0 Å².